The Hall–Kier alpha value is -0.290. The molecule has 1 aromatic heterocycles. The van der Waals surface area contributed by atoms with Gasteiger partial charge in [-0.3, -0.25) is 0 Å². The normalized spacial score (nSPS) is 12.6. The Morgan fingerprint density at radius 2 is 2.06 bits per heavy atom. The Balaban J connectivity index is 1.95. The van der Waals surface area contributed by atoms with E-state index in [2.05, 4.69) is 39.5 Å². The molecule has 1 aromatic carbocycles. The SMILES string of the molecule is CC(O)c1ccc(SCc2cc(Br)cs2)cc1. The molecule has 0 aliphatic rings. The van der Waals surface area contributed by atoms with Gasteiger partial charge in [0.1, 0.15) is 0 Å². The maximum absolute atomic E-state index is 9.41. The molecule has 0 amide bonds. The molecule has 0 saturated carbocycles. The molecule has 1 unspecified atom stereocenters. The fourth-order valence-electron chi connectivity index (χ4n) is 1.43. The standard InChI is InChI=1S/C13H13BrOS2/c1-9(15)10-2-4-12(5-3-10)17-8-13-6-11(14)7-16-13/h2-7,9,15H,8H2,1H3. The molecular weight excluding hydrogens is 316 g/mol. The number of halogens is 1. The van der Waals surface area contributed by atoms with Crippen LogP contribution in [0.2, 0.25) is 0 Å². The van der Waals surface area contributed by atoms with E-state index in [1.165, 1.54) is 9.77 Å². The van der Waals surface area contributed by atoms with E-state index < -0.39 is 0 Å². The summed E-state index contributed by atoms with van der Waals surface area (Å²) in [4.78, 5) is 2.60. The summed E-state index contributed by atoms with van der Waals surface area (Å²) in [6, 6.07) is 10.3. The number of hydrogen-bond donors (Lipinski definition) is 1. The quantitative estimate of drug-likeness (QED) is 0.809. The van der Waals surface area contributed by atoms with Crippen molar-refractivity contribution in [3.8, 4) is 0 Å². The third kappa shape index (κ3) is 3.85. The van der Waals surface area contributed by atoms with Gasteiger partial charge >= 0.3 is 0 Å². The molecule has 0 aliphatic carbocycles. The van der Waals surface area contributed by atoms with Crippen LogP contribution in [-0.4, -0.2) is 5.11 Å². The topological polar surface area (TPSA) is 20.2 Å². The van der Waals surface area contributed by atoms with E-state index in [0.717, 1.165) is 15.8 Å². The summed E-state index contributed by atoms with van der Waals surface area (Å²) in [6.45, 7) is 1.78. The van der Waals surface area contributed by atoms with E-state index in [0.29, 0.717) is 0 Å². The molecule has 1 heterocycles. The van der Waals surface area contributed by atoms with Crippen LogP contribution in [0.3, 0.4) is 0 Å². The van der Waals surface area contributed by atoms with Crippen LogP contribution in [0.5, 0.6) is 0 Å². The smallest absolute Gasteiger partial charge is 0.0761 e. The van der Waals surface area contributed by atoms with Gasteiger partial charge in [-0.1, -0.05) is 12.1 Å². The summed E-state index contributed by atoms with van der Waals surface area (Å²) in [5.41, 5.74) is 0.966. The molecule has 0 spiro atoms. The zero-order valence-electron chi connectivity index (χ0n) is 9.39. The van der Waals surface area contributed by atoms with E-state index in [1.54, 1.807) is 18.3 Å². The highest BCUT2D eigenvalue weighted by atomic mass is 79.9. The summed E-state index contributed by atoms with van der Waals surface area (Å²) >= 11 is 7.04. The van der Waals surface area contributed by atoms with Crippen molar-refractivity contribution in [3.05, 3.63) is 50.6 Å². The van der Waals surface area contributed by atoms with E-state index in [-0.39, 0.29) is 6.10 Å². The maximum Gasteiger partial charge on any atom is 0.0761 e. The molecule has 1 N–H and O–H groups in total. The summed E-state index contributed by atoms with van der Waals surface area (Å²) < 4.78 is 1.16. The van der Waals surface area contributed by atoms with Crippen molar-refractivity contribution < 1.29 is 5.11 Å². The van der Waals surface area contributed by atoms with Crippen LogP contribution < -0.4 is 0 Å². The second kappa shape index (κ2) is 6.05. The summed E-state index contributed by atoms with van der Waals surface area (Å²) in [5.74, 6) is 0.990. The maximum atomic E-state index is 9.41. The summed E-state index contributed by atoms with van der Waals surface area (Å²) in [5, 5.41) is 11.5. The van der Waals surface area contributed by atoms with Gasteiger partial charge < -0.3 is 5.11 Å². The Bertz CT molecular complexity index is 476. The number of benzene rings is 1. The highest BCUT2D eigenvalue weighted by Gasteiger charge is 2.02. The van der Waals surface area contributed by atoms with Crippen molar-refractivity contribution >= 4 is 39.0 Å². The lowest BCUT2D eigenvalue weighted by atomic mass is 10.1. The molecule has 0 saturated heterocycles. The van der Waals surface area contributed by atoms with Gasteiger partial charge in [0.15, 0.2) is 0 Å². The van der Waals surface area contributed by atoms with Crippen LogP contribution >= 0.6 is 39.0 Å². The fourth-order valence-corrected chi connectivity index (χ4v) is 3.83. The first-order chi connectivity index (χ1) is 8.15. The number of thioether (sulfide) groups is 1. The highest BCUT2D eigenvalue weighted by Crippen LogP contribution is 2.28. The third-order valence-corrected chi connectivity index (χ3v) is 5.31. The number of rotatable bonds is 4. The van der Waals surface area contributed by atoms with Gasteiger partial charge in [-0.05, 0) is 46.6 Å². The van der Waals surface area contributed by atoms with Crippen LogP contribution in [0, 0.1) is 0 Å². The second-order valence-corrected chi connectivity index (χ2v) is 6.73. The monoisotopic (exact) mass is 328 g/mol. The van der Waals surface area contributed by atoms with Crippen molar-refractivity contribution in [2.45, 2.75) is 23.7 Å². The van der Waals surface area contributed by atoms with Crippen LogP contribution in [-0.2, 0) is 5.75 Å². The highest BCUT2D eigenvalue weighted by molar-refractivity contribution is 9.10. The lowest BCUT2D eigenvalue weighted by molar-refractivity contribution is 0.199. The Morgan fingerprint density at radius 1 is 1.35 bits per heavy atom. The minimum Gasteiger partial charge on any atom is -0.389 e. The minimum absolute atomic E-state index is 0.387. The number of aliphatic hydroxyl groups excluding tert-OH is 1. The Labute approximate surface area is 118 Å². The zero-order chi connectivity index (χ0) is 12.3. The molecule has 0 aliphatic heterocycles. The molecule has 1 nitrogen and oxygen atoms in total. The third-order valence-electron chi connectivity index (χ3n) is 2.37. The lowest BCUT2D eigenvalue weighted by Gasteiger charge is -2.05. The molecule has 2 aromatic rings. The van der Waals surface area contributed by atoms with Crippen LogP contribution in [0.4, 0.5) is 0 Å². The lowest BCUT2D eigenvalue weighted by Crippen LogP contribution is -1.89. The molecule has 4 heteroatoms. The number of thiophene rings is 1. The van der Waals surface area contributed by atoms with Crippen LogP contribution in [0.1, 0.15) is 23.5 Å². The first-order valence-electron chi connectivity index (χ1n) is 5.29. The Kier molecular flexibility index (Phi) is 4.68. The molecule has 2 rings (SSSR count). The average molecular weight is 329 g/mol. The van der Waals surface area contributed by atoms with Gasteiger partial charge in [-0.15, -0.1) is 23.1 Å². The number of aliphatic hydroxyl groups is 1. The second-order valence-electron chi connectivity index (χ2n) is 3.76. The van der Waals surface area contributed by atoms with Crippen molar-refractivity contribution in [1.82, 2.24) is 0 Å². The summed E-state index contributed by atoms with van der Waals surface area (Å²) in [7, 11) is 0. The molecule has 1 atom stereocenters. The fraction of sp³-hybridized carbons (Fsp3) is 0.231. The molecular formula is C13H13BrOS2. The van der Waals surface area contributed by atoms with E-state index >= 15 is 0 Å². The van der Waals surface area contributed by atoms with Crippen LogP contribution in [0.15, 0.2) is 45.1 Å². The largest absolute Gasteiger partial charge is 0.389 e. The van der Waals surface area contributed by atoms with Gasteiger partial charge in [-0.2, -0.15) is 0 Å². The minimum atomic E-state index is -0.387. The Morgan fingerprint density at radius 3 is 2.59 bits per heavy atom. The van der Waals surface area contributed by atoms with Gasteiger partial charge in [0.2, 0.25) is 0 Å². The van der Waals surface area contributed by atoms with E-state index in [9.17, 15) is 5.11 Å². The first kappa shape index (κ1) is 13.1. The van der Waals surface area contributed by atoms with Gasteiger partial charge in [0, 0.05) is 25.4 Å². The molecule has 90 valence electrons. The molecule has 0 bridgehead atoms. The average Bonchev–Trinajstić information content (AvgIpc) is 2.73. The molecule has 0 radical (unpaired) electrons. The summed E-state index contributed by atoms with van der Waals surface area (Å²) in [6.07, 6.45) is -0.387. The van der Waals surface area contributed by atoms with Crippen molar-refractivity contribution in [1.29, 1.82) is 0 Å². The predicted octanol–water partition coefficient (Wildman–Crippen LogP) is 4.86. The molecule has 0 fully saturated rings. The van der Waals surface area contributed by atoms with Gasteiger partial charge in [0.05, 0.1) is 6.10 Å². The molecule has 17 heavy (non-hydrogen) atoms. The zero-order valence-corrected chi connectivity index (χ0v) is 12.6. The first-order valence-corrected chi connectivity index (χ1v) is 7.95. The predicted molar refractivity (Wildman–Crippen MR) is 78.7 cm³/mol. The van der Waals surface area contributed by atoms with Crippen molar-refractivity contribution in [2.24, 2.45) is 0 Å². The van der Waals surface area contributed by atoms with E-state index in [1.807, 2.05) is 23.9 Å². The number of hydrogen-bond acceptors (Lipinski definition) is 3. The van der Waals surface area contributed by atoms with Gasteiger partial charge in [0.25, 0.3) is 0 Å². The van der Waals surface area contributed by atoms with Gasteiger partial charge in [-0.25, -0.2) is 0 Å². The van der Waals surface area contributed by atoms with Crippen LogP contribution in [0.25, 0.3) is 0 Å². The van der Waals surface area contributed by atoms with E-state index in [4.69, 9.17) is 0 Å². The van der Waals surface area contributed by atoms with Crippen molar-refractivity contribution in [2.75, 3.05) is 0 Å². The van der Waals surface area contributed by atoms with Crippen molar-refractivity contribution in [3.63, 3.8) is 0 Å².